The third-order valence-corrected chi connectivity index (χ3v) is 2.81. The Bertz CT molecular complexity index is 477. The highest BCUT2D eigenvalue weighted by Crippen LogP contribution is 2.16. The van der Waals surface area contributed by atoms with Crippen molar-refractivity contribution in [2.45, 2.75) is 5.92 Å². The molecule has 1 heterocycles. The number of nitriles is 1. The van der Waals surface area contributed by atoms with Gasteiger partial charge in [0.25, 0.3) is 0 Å². The molecule has 0 spiro atoms. The van der Waals surface area contributed by atoms with E-state index in [0.29, 0.717) is 6.54 Å². The Balaban J connectivity index is 2.05. The molecule has 1 aromatic carbocycles. The number of imide groups is 1. The Morgan fingerprint density at radius 1 is 1.22 bits per heavy atom. The molecular weight excluding hydrogens is 230 g/mol. The van der Waals surface area contributed by atoms with Crippen molar-refractivity contribution in [2.75, 3.05) is 19.6 Å². The first kappa shape index (κ1) is 12.3. The summed E-state index contributed by atoms with van der Waals surface area (Å²) in [5, 5.41) is 11.4. The molecule has 1 atom stereocenters. The van der Waals surface area contributed by atoms with Crippen LogP contribution in [0.3, 0.4) is 0 Å². The van der Waals surface area contributed by atoms with Gasteiger partial charge in [0.15, 0.2) is 0 Å². The van der Waals surface area contributed by atoms with Gasteiger partial charge in [-0.1, -0.05) is 30.3 Å². The number of rotatable bonds is 3. The quantitative estimate of drug-likeness (QED) is 0.772. The molecule has 1 aliphatic rings. The molecule has 1 aromatic rings. The Labute approximate surface area is 105 Å². The number of amides is 2. The van der Waals surface area contributed by atoms with Crippen LogP contribution in [0.2, 0.25) is 0 Å². The number of carbonyl (C=O) groups excluding carboxylic acids is 2. The topological polar surface area (TPSA) is 73.2 Å². The number of carbonyl (C=O) groups is 2. The summed E-state index contributed by atoms with van der Waals surface area (Å²) in [5.74, 6) is -0.947. The predicted molar refractivity (Wildman–Crippen MR) is 64.4 cm³/mol. The monoisotopic (exact) mass is 243 g/mol. The normalized spacial score (nSPS) is 17.9. The summed E-state index contributed by atoms with van der Waals surface area (Å²) in [4.78, 5) is 24.2. The molecule has 0 bridgehead atoms. The molecule has 0 aromatic heterocycles. The van der Waals surface area contributed by atoms with Crippen LogP contribution in [0.15, 0.2) is 30.3 Å². The van der Waals surface area contributed by atoms with Gasteiger partial charge in [0.1, 0.15) is 0 Å². The van der Waals surface area contributed by atoms with Crippen molar-refractivity contribution in [3.05, 3.63) is 35.9 Å². The number of hydrogen-bond acceptors (Lipinski definition) is 4. The molecule has 2 amide bonds. The van der Waals surface area contributed by atoms with E-state index in [2.05, 4.69) is 11.4 Å². The van der Waals surface area contributed by atoms with Crippen molar-refractivity contribution in [2.24, 2.45) is 0 Å². The summed E-state index contributed by atoms with van der Waals surface area (Å²) in [6.45, 7) is 0.715. The zero-order chi connectivity index (χ0) is 13.0. The third-order valence-electron chi connectivity index (χ3n) is 2.81. The zero-order valence-corrected chi connectivity index (χ0v) is 9.80. The van der Waals surface area contributed by atoms with Gasteiger partial charge in [0, 0.05) is 6.54 Å². The Kier molecular flexibility index (Phi) is 3.70. The van der Waals surface area contributed by atoms with Crippen LogP contribution in [0.1, 0.15) is 11.5 Å². The highest BCUT2D eigenvalue weighted by atomic mass is 16.2. The number of benzene rings is 1. The van der Waals surface area contributed by atoms with Crippen molar-refractivity contribution >= 4 is 11.8 Å². The van der Waals surface area contributed by atoms with E-state index < -0.39 is 0 Å². The van der Waals surface area contributed by atoms with Gasteiger partial charge in [-0.3, -0.25) is 19.8 Å². The average Bonchev–Trinajstić information content (AvgIpc) is 2.36. The molecule has 5 heteroatoms. The maximum absolute atomic E-state index is 11.2. The average molecular weight is 243 g/mol. The van der Waals surface area contributed by atoms with Crippen LogP contribution in [0.25, 0.3) is 0 Å². The minimum atomic E-state index is -0.329. The van der Waals surface area contributed by atoms with Gasteiger partial charge < -0.3 is 0 Å². The fourth-order valence-electron chi connectivity index (χ4n) is 1.99. The second-order valence-corrected chi connectivity index (χ2v) is 4.23. The fraction of sp³-hybridized carbons (Fsp3) is 0.308. The molecule has 2 rings (SSSR count). The third kappa shape index (κ3) is 2.93. The molecule has 1 unspecified atom stereocenters. The summed E-state index contributed by atoms with van der Waals surface area (Å²) >= 11 is 0. The summed E-state index contributed by atoms with van der Waals surface area (Å²) < 4.78 is 0. The van der Waals surface area contributed by atoms with Crippen LogP contribution in [0, 0.1) is 11.3 Å². The molecule has 1 saturated heterocycles. The maximum atomic E-state index is 11.2. The molecule has 92 valence electrons. The number of nitrogens with zero attached hydrogens (tertiary/aromatic N) is 2. The van der Waals surface area contributed by atoms with E-state index in [4.69, 9.17) is 0 Å². The van der Waals surface area contributed by atoms with Gasteiger partial charge >= 0.3 is 0 Å². The van der Waals surface area contributed by atoms with Crippen LogP contribution in [0.5, 0.6) is 0 Å². The fourth-order valence-corrected chi connectivity index (χ4v) is 1.99. The molecule has 0 saturated carbocycles. The SMILES string of the molecule is N#CC(CN1CC(=O)NC(=O)C1)c1ccccc1. The molecule has 18 heavy (non-hydrogen) atoms. The maximum Gasteiger partial charge on any atom is 0.240 e. The first-order chi connectivity index (χ1) is 8.69. The van der Waals surface area contributed by atoms with Gasteiger partial charge in [0.05, 0.1) is 25.1 Å². The molecule has 1 fully saturated rings. The van der Waals surface area contributed by atoms with Gasteiger partial charge in [-0.05, 0) is 5.56 Å². The van der Waals surface area contributed by atoms with Gasteiger partial charge in [-0.2, -0.15) is 5.26 Å². The van der Waals surface area contributed by atoms with Gasteiger partial charge in [-0.25, -0.2) is 0 Å². The van der Waals surface area contributed by atoms with E-state index in [1.807, 2.05) is 30.3 Å². The lowest BCUT2D eigenvalue weighted by molar-refractivity contribution is -0.136. The zero-order valence-electron chi connectivity index (χ0n) is 9.80. The predicted octanol–water partition coefficient (Wildman–Crippen LogP) is 0.252. The summed E-state index contributed by atoms with van der Waals surface area (Å²) in [6, 6.07) is 11.6. The molecule has 5 nitrogen and oxygen atoms in total. The van der Waals surface area contributed by atoms with Gasteiger partial charge in [-0.15, -0.1) is 0 Å². The van der Waals surface area contributed by atoms with E-state index in [1.165, 1.54) is 0 Å². The number of nitrogens with one attached hydrogen (secondary N) is 1. The van der Waals surface area contributed by atoms with Crippen molar-refractivity contribution in [1.82, 2.24) is 10.2 Å². The van der Waals surface area contributed by atoms with Crippen molar-refractivity contribution in [3.63, 3.8) is 0 Å². The number of piperazine rings is 1. The Morgan fingerprint density at radius 2 is 1.83 bits per heavy atom. The molecule has 0 radical (unpaired) electrons. The molecule has 0 aliphatic carbocycles. The second-order valence-electron chi connectivity index (χ2n) is 4.23. The minimum Gasteiger partial charge on any atom is -0.294 e. The highest BCUT2D eigenvalue weighted by molar-refractivity contribution is 5.99. The lowest BCUT2D eigenvalue weighted by atomic mass is 10.00. The Morgan fingerprint density at radius 3 is 2.39 bits per heavy atom. The summed E-state index contributed by atoms with van der Waals surface area (Å²) in [7, 11) is 0. The van der Waals surface area contributed by atoms with Crippen LogP contribution in [-0.4, -0.2) is 36.3 Å². The van der Waals surface area contributed by atoms with Crippen LogP contribution >= 0.6 is 0 Å². The largest absolute Gasteiger partial charge is 0.294 e. The summed E-state index contributed by atoms with van der Waals surface area (Å²) in [5.41, 5.74) is 0.901. The van der Waals surface area contributed by atoms with E-state index in [0.717, 1.165) is 5.56 Å². The van der Waals surface area contributed by atoms with Crippen molar-refractivity contribution < 1.29 is 9.59 Å². The Hall–Kier alpha value is -2.19. The lowest BCUT2D eigenvalue weighted by Crippen LogP contribution is -2.52. The second kappa shape index (κ2) is 5.43. The number of hydrogen-bond donors (Lipinski definition) is 1. The summed E-state index contributed by atoms with van der Waals surface area (Å²) in [6.07, 6.45) is 0. The first-order valence-electron chi connectivity index (χ1n) is 5.68. The van der Waals surface area contributed by atoms with E-state index in [1.54, 1.807) is 4.90 Å². The molecule has 1 N–H and O–H groups in total. The van der Waals surface area contributed by atoms with E-state index in [9.17, 15) is 14.9 Å². The highest BCUT2D eigenvalue weighted by Gasteiger charge is 2.25. The van der Waals surface area contributed by atoms with Crippen molar-refractivity contribution in [3.8, 4) is 6.07 Å². The van der Waals surface area contributed by atoms with Crippen molar-refractivity contribution in [1.29, 1.82) is 5.26 Å². The van der Waals surface area contributed by atoms with E-state index >= 15 is 0 Å². The van der Waals surface area contributed by atoms with Crippen LogP contribution in [-0.2, 0) is 9.59 Å². The smallest absolute Gasteiger partial charge is 0.240 e. The standard InChI is InChI=1S/C13H13N3O2/c14-6-11(10-4-2-1-3-5-10)7-16-8-12(17)15-13(18)9-16/h1-5,11H,7-9H2,(H,15,17,18). The van der Waals surface area contributed by atoms with E-state index in [-0.39, 0.29) is 30.8 Å². The lowest BCUT2D eigenvalue weighted by Gasteiger charge is -2.26. The van der Waals surface area contributed by atoms with Crippen LogP contribution in [0.4, 0.5) is 0 Å². The van der Waals surface area contributed by atoms with Crippen LogP contribution < -0.4 is 5.32 Å². The minimum absolute atomic E-state index is 0.163. The van der Waals surface area contributed by atoms with Gasteiger partial charge in [0.2, 0.25) is 11.8 Å². The molecular formula is C13H13N3O2. The molecule has 1 aliphatic heterocycles. The first-order valence-corrected chi connectivity index (χ1v) is 5.68.